The van der Waals surface area contributed by atoms with Crippen LogP contribution >= 0.6 is 11.3 Å². The quantitative estimate of drug-likeness (QED) is 0.798. The van der Waals surface area contributed by atoms with Crippen molar-refractivity contribution in [1.82, 2.24) is 4.98 Å². The van der Waals surface area contributed by atoms with Crippen LogP contribution in [0.25, 0.3) is 21.8 Å². The van der Waals surface area contributed by atoms with Gasteiger partial charge in [0.1, 0.15) is 5.01 Å². The summed E-state index contributed by atoms with van der Waals surface area (Å²) in [6.07, 6.45) is 0. The van der Waals surface area contributed by atoms with E-state index >= 15 is 0 Å². The fraction of sp³-hybridized carbons (Fsp3) is 0.0588. The molecular formula is C17H13N3S. The van der Waals surface area contributed by atoms with Crippen LogP contribution in [0.4, 0.5) is 0 Å². The molecule has 0 saturated heterocycles. The predicted molar refractivity (Wildman–Crippen MR) is 85.6 cm³/mol. The van der Waals surface area contributed by atoms with Crippen LogP contribution in [-0.4, -0.2) is 4.98 Å². The summed E-state index contributed by atoms with van der Waals surface area (Å²) in [5.41, 5.74) is 10.4. The zero-order valence-electron chi connectivity index (χ0n) is 11.3. The summed E-state index contributed by atoms with van der Waals surface area (Å²) >= 11 is 1.61. The molecule has 0 spiro atoms. The smallest absolute Gasteiger partial charge is 0.124 e. The molecule has 102 valence electrons. The minimum absolute atomic E-state index is 0.550. The zero-order valence-corrected chi connectivity index (χ0v) is 12.1. The van der Waals surface area contributed by atoms with E-state index in [1.807, 2.05) is 53.9 Å². The summed E-state index contributed by atoms with van der Waals surface area (Å²) in [6, 6.07) is 17.7. The van der Waals surface area contributed by atoms with Crippen LogP contribution in [0.1, 0.15) is 11.1 Å². The van der Waals surface area contributed by atoms with E-state index in [0.29, 0.717) is 12.1 Å². The summed E-state index contributed by atoms with van der Waals surface area (Å²) in [6.45, 7) is 0.550. The number of nitrogens with two attached hydrogens (primary N) is 1. The number of aromatic nitrogens is 1. The Hall–Kier alpha value is -2.48. The third-order valence-corrected chi connectivity index (χ3v) is 4.14. The van der Waals surface area contributed by atoms with Crippen molar-refractivity contribution in [1.29, 1.82) is 5.26 Å². The standard InChI is InChI=1S/C17H13N3S/c18-9-12-1-5-14(6-2-12)16-11-21-17(20-16)15-7-3-13(10-19)4-8-15/h1-8,11H,10,19H2. The Labute approximate surface area is 127 Å². The van der Waals surface area contributed by atoms with Gasteiger partial charge >= 0.3 is 0 Å². The molecule has 1 heterocycles. The van der Waals surface area contributed by atoms with Crippen LogP contribution < -0.4 is 5.73 Å². The maximum atomic E-state index is 8.82. The van der Waals surface area contributed by atoms with Gasteiger partial charge in [-0.25, -0.2) is 4.98 Å². The molecule has 3 rings (SSSR count). The van der Waals surface area contributed by atoms with Gasteiger partial charge in [-0.15, -0.1) is 11.3 Å². The molecule has 0 aliphatic heterocycles. The van der Waals surface area contributed by atoms with Crippen molar-refractivity contribution >= 4 is 11.3 Å². The molecule has 4 heteroatoms. The first-order valence-electron chi connectivity index (χ1n) is 6.55. The maximum Gasteiger partial charge on any atom is 0.124 e. The van der Waals surface area contributed by atoms with Gasteiger partial charge in [-0.3, -0.25) is 0 Å². The Morgan fingerprint density at radius 2 is 1.67 bits per heavy atom. The Bertz CT molecular complexity index is 780. The Kier molecular flexibility index (Phi) is 3.78. The molecule has 3 aromatic rings. The molecule has 0 fully saturated rings. The third-order valence-electron chi connectivity index (χ3n) is 3.25. The number of nitrogens with zero attached hydrogens (tertiary/aromatic N) is 2. The Balaban J connectivity index is 1.89. The molecule has 2 aromatic carbocycles. The number of hydrogen-bond acceptors (Lipinski definition) is 4. The second-order valence-corrected chi connectivity index (χ2v) is 5.49. The van der Waals surface area contributed by atoms with Crippen molar-refractivity contribution in [3.05, 3.63) is 65.0 Å². The van der Waals surface area contributed by atoms with E-state index in [-0.39, 0.29) is 0 Å². The van der Waals surface area contributed by atoms with Crippen LogP contribution in [0.2, 0.25) is 0 Å². The zero-order chi connectivity index (χ0) is 14.7. The Morgan fingerprint density at radius 1 is 1.00 bits per heavy atom. The van der Waals surface area contributed by atoms with E-state index in [0.717, 1.165) is 27.4 Å². The molecule has 0 radical (unpaired) electrons. The van der Waals surface area contributed by atoms with Crippen LogP contribution in [0.5, 0.6) is 0 Å². The highest BCUT2D eigenvalue weighted by Crippen LogP contribution is 2.29. The molecule has 2 N–H and O–H groups in total. The second kappa shape index (κ2) is 5.88. The van der Waals surface area contributed by atoms with Crippen molar-refractivity contribution in [3.8, 4) is 27.9 Å². The molecule has 0 amide bonds. The summed E-state index contributed by atoms with van der Waals surface area (Å²) in [5, 5.41) is 11.8. The lowest BCUT2D eigenvalue weighted by Crippen LogP contribution is -1.95. The topological polar surface area (TPSA) is 62.7 Å². The number of thiazole rings is 1. The van der Waals surface area contributed by atoms with E-state index < -0.39 is 0 Å². The largest absolute Gasteiger partial charge is 0.326 e. The number of rotatable bonds is 3. The van der Waals surface area contributed by atoms with Gasteiger partial charge in [0, 0.05) is 23.1 Å². The van der Waals surface area contributed by atoms with Crippen molar-refractivity contribution in [2.24, 2.45) is 5.73 Å². The van der Waals surface area contributed by atoms with Crippen molar-refractivity contribution in [3.63, 3.8) is 0 Å². The maximum absolute atomic E-state index is 8.82. The predicted octanol–water partition coefficient (Wildman–Crippen LogP) is 3.81. The fourth-order valence-electron chi connectivity index (χ4n) is 2.04. The van der Waals surface area contributed by atoms with E-state index in [2.05, 4.69) is 11.1 Å². The highest BCUT2D eigenvalue weighted by Gasteiger charge is 2.06. The highest BCUT2D eigenvalue weighted by molar-refractivity contribution is 7.13. The molecular weight excluding hydrogens is 278 g/mol. The van der Waals surface area contributed by atoms with Crippen LogP contribution in [0.3, 0.4) is 0 Å². The molecule has 21 heavy (non-hydrogen) atoms. The summed E-state index contributed by atoms with van der Waals surface area (Å²) < 4.78 is 0. The average molecular weight is 291 g/mol. The molecule has 1 aromatic heterocycles. The lowest BCUT2D eigenvalue weighted by Gasteiger charge is -1.99. The van der Waals surface area contributed by atoms with Crippen LogP contribution in [-0.2, 0) is 6.54 Å². The SMILES string of the molecule is N#Cc1ccc(-c2csc(-c3ccc(CN)cc3)n2)cc1. The third kappa shape index (κ3) is 2.84. The highest BCUT2D eigenvalue weighted by atomic mass is 32.1. The van der Waals surface area contributed by atoms with Gasteiger partial charge in [-0.05, 0) is 17.7 Å². The van der Waals surface area contributed by atoms with E-state index in [4.69, 9.17) is 11.0 Å². The van der Waals surface area contributed by atoms with Crippen molar-refractivity contribution < 1.29 is 0 Å². The van der Waals surface area contributed by atoms with Gasteiger partial charge < -0.3 is 5.73 Å². The number of hydrogen-bond donors (Lipinski definition) is 1. The van der Waals surface area contributed by atoms with Crippen LogP contribution in [0.15, 0.2) is 53.9 Å². The normalized spacial score (nSPS) is 10.3. The van der Waals surface area contributed by atoms with Gasteiger partial charge in [0.2, 0.25) is 0 Å². The molecule has 0 saturated carbocycles. The lowest BCUT2D eigenvalue weighted by molar-refractivity contribution is 1.07. The van der Waals surface area contributed by atoms with Gasteiger partial charge in [0.15, 0.2) is 0 Å². The minimum atomic E-state index is 0.550. The fourth-order valence-corrected chi connectivity index (χ4v) is 2.87. The van der Waals surface area contributed by atoms with Gasteiger partial charge in [-0.1, -0.05) is 36.4 Å². The molecule has 0 unspecified atom stereocenters. The van der Waals surface area contributed by atoms with Gasteiger partial charge in [0.25, 0.3) is 0 Å². The molecule has 0 bridgehead atoms. The lowest BCUT2D eigenvalue weighted by atomic mass is 10.1. The summed E-state index contributed by atoms with van der Waals surface area (Å²) in [4.78, 5) is 4.67. The molecule has 0 aliphatic rings. The van der Waals surface area contributed by atoms with Crippen molar-refractivity contribution in [2.45, 2.75) is 6.54 Å². The first-order valence-corrected chi connectivity index (χ1v) is 7.43. The molecule has 3 nitrogen and oxygen atoms in total. The first kappa shape index (κ1) is 13.5. The summed E-state index contributed by atoms with van der Waals surface area (Å²) in [5.74, 6) is 0. The first-order chi connectivity index (χ1) is 10.3. The average Bonchev–Trinajstić information content (AvgIpc) is 3.05. The summed E-state index contributed by atoms with van der Waals surface area (Å²) in [7, 11) is 0. The van der Waals surface area contributed by atoms with E-state index in [1.54, 1.807) is 11.3 Å². The van der Waals surface area contributed by atoms with Gasteiger partial charge in [-0.2, -0.15) is 5.26 Å². The van der Waals surface area contributed by atoms with Crippen molar-refractivity contribution in [2.75, 3.05) is 0 Å². The molecule has 0 atom stereocenters. The number of benzene rings is 2. The second-order valence-electron chi connectivity index (χ2n) is 4.63. The van der Waals surface area contributed by atoms with Gasteiger partial charge in [0.05, 0.1) is 17.3 Å². The van der Waals surface area contributed by atoms with E-state index in [1.165, 1.54) is 0 Å². The Morgan fingerprint density at radius 3 is 2.29 bits per heavy atom. The van der Waals surface area contributed by atoms with Crippen LogP contribution in [0, 0.1) is 11.3 Å². The minimum Gasteiger partial charge on any atom is -0.326 e. The number of nitriles is 1. The van der Waals surface area contributed by atoms with E-state index in [9.17, 15) is 0 Å². The monoisotopic (exact) mass is 291 g/mol. The molecule has 0 aliphatic carbocycles.